The van der Waals surface area contributed by atoms with Crippen molar-refractivity contribution in [2.75, 3.05) is 25.5 Å². The second-order valence-electron chi connectivity index (χ2n) is 5.09. The van der Waals surface area contributed by atoms with Crippen LogP contribution in [0.1, 0.15) is 16.8 Å². The van der Waals surface area contributed by atoms with E-state index in [1.807, 2.05) is 36.5 Å². The maximum Gasteiger partial charge on any atom is 0.243 e. The molecule has 0 fully saturated rings. The predicted molar refractivity (Wildman–Crippen MR) is 99.6 cm³/mol. The van der Waals surface area contributed by atoms with Gasteiger partial charge in [0, 0.05) is 36.8 Å². The Labute approximate surface area is 146 Å². The summed E-state index contributed by atoms with van der Waals surface area (Å²) in [6, 6.07) is 9.37. The first-order valence-electron chi connectivity index (χ1n) is 7.94. The summed E-state index contributed by atoms with van der Waals surface area (Å²) in [5.41, 5.74) is 0.780. The van der Waals surface area contributed by atoms with Gasteiger partial charge in [-0.15, -0.1) is 11.3 Å². The van der Waals surface area contributed by atoms with Gasteiger partial charge in [-0.05, 0) is 18.6 Å². The van der Waals surface area contributed by atoms with Gasteiger partial charge in [-0.3, -0.25) is 9.79 Å². The monoisotopic (exact) mass is 345 g/mol. The van der Waals surface area contributed by atoms with E-state index in [4.69, 9.17) is 0 Å². The molecule has 0 bridgehead atoms. The van der Waals surface area contributed by atoms with Gasteiger partial charge in [-0.1, -0.05) is 25.1 Å². The summed E-state index contributed by atoms with van der Waals surface area (Å²) >= 11 is 1.74. The Bertz CT molecular complexity index is 669. The highest BCUT2D eigenvalue weighted by Crippen LogP contribution is 2.13. The number of amides is 1. The molecule has 3 N–H and O–H groups in total. The molecule has 6 nitrogen and oxygen atoms in total. The van der Waals surface area contributed by atoms with Crippen LogP contribution in [0.3, 0.4) is 0 Å². The minimum Gasteiger partial charge on any atom is -0.356 e. The number of para-hydroxylation sites is 1. The molecule has 24 heavy (non-hydrogen) atoms. The predicted octanol–water partition coefficient (Wildman–Crippen LogP) is 2.05. The van der Waals surface area contributed by atoms with E-state index in [1.54, 1.807) is 18.4 Å². The molecule has 0 saturated heterocycles. The van der Waals surface area contributed by atoms with E-state index in [2.05, 4.69) is 32.9 Å². The summed E-state index contributed by atoms with van der Waals surface area (Å²) in [6.45, 7) is 3.00. The van der Waals surface area contributed by atoms with Crippen LogP contribution < -0.4 is 16.0 Å². The van der Waals surface area contributed by atoms with Gasteiger partial charge in [0.2, 0.25) is 5.91 Å². The zero-order chi connectivity index (χ0) is 17.2. The van der Waals surface area contributed by atoms with Gasteiger partial charge >= 0.3 is 0 Å². The van der Waals surface area contributed by atoms with Crippen LogP contribution in [0.25, 0.3) is 0 Å². The van der Waals surface area contributed by atoms with Crippen molar-refractivity contribution in [1.82, 2.24) is 15.6 Å². The fraction of sp³-hybridized carbons (Fsp3) is 0.353. The standard InChI is InChI=1S/C17H23N5OS/c1-3-14-11-20-16(24-14)9-10-19-17(18-2)21-12-15(23)22-13-7-5-4-6-8-13/h4-8,11H,3,9-10,12H2,1-2H3,(H,22,23)(H2,18,19,21). The van der Waals surface area contributed by atoms with Crippen LogP contribution in [0.15, 0.2) is 41.5 Å². The maximum absolute atomic E-state index is 11.9. The number of aromatic nitrogens is 1. The fourth-order valence-electron chi connectivity index (χ4n) is 2.03. The van der Waals surface area contributed by atoms with Crippen molar-refractivity contribution in [2.24, 2.45) is 4.99 Å². The molecule has 0 spiro atoms. The largest absolute Gasteiger partial charge is 0.356 e. The summed E-state index contributed by atoms with van der Waals surface area (Å²) in [7, 11) is 1.68. The molecule has 1 amide bonds. The summed E-state index contributed by atoms with van der Waals surface area (Å²) in [6.07, 6.45) is 3.79. The third-order valence-corrected chi connectivity index (χ3v) is 4.48. The molecule has 0 aliphatic rings. The minimum absolute atomic E-state index is 0.114. The van der Waals surface area contributed by atoms with Crippen LogP contribution in [-0.4, -0.2) is 37.0 Å². The SMILES string of the molecule is CCc1cnc(CCNC(=NC)NCC(=O)Nc2ccccc2)s1. The Morgan fingerprint density at radius 3 is 2.71 bits per heavy atom. The number of guanidine groups is 1. The molecule has 0 atom stereocenters. The molecule has 2 rings (SSSR count). The molecule has 1 aromatic carbocycles. The van der Waals surface area contributed by atoms with Crippen LogP contribution in [0.5, 0.6) is 0 Å². The molecule has 0 unspecified atom stereocenters. The molecule has 1 aromatic heterocycles. The third kappa shape index (κ3) is 6.00. The summed E-state index contributed by atoms with van der Waals surface area (Å²) < 4.78 is 0. The lowest BCUT2D eigenvalue weighted by molar-refractivity contribution is -0.115. The van der Waals surface area contributed by atoms with E-state index in [0.29, 0.717) is 5.96 Å². The van der Waals surface area contributed by atoms with E-state index >= 15 is 0 Å². The first-order chi connectivity index (χ1) is 11.7. The van der Waals surface area contributed by atoms with Crippen LogP contribution in [0.4, 0.5) is 5.69 Å². The van der Waals surface area contributed by atoms with E-state index in [0.717, 1.165) is 30.1 Å². The number of hydrogen-bond acceptors (Lipinski definition) is 4. The van der Waals surface area contributed by atoms with Gasteiger partial charge in [0.25, 0.3) is 0 Å². The molecular formula is C17H23N5OS. The summed E-state index contributed by atoms with van der Waals surface area (Å²) in [4.78, 5) is 21.7. The lowest BCUT2D eigenvalue weighted by atomic mass is 10.3. The summed E-state index contributed by atoms with van der Waals surface area (Å²) in [5.74, 6) is 0.488. The molecule has 128 valence electrons. The quantitative estimate of drug-likeness (QED) is 0.530. The number of aliphatic imine (C=N–C) groups is 1. The molecule has 7 heteroatoms. The Morgan fingerprint density at radius 1 is 1.25 bits per heavy atom. The van der Waals surface area contributed by atoms with Crippen molar-refractivity contribution >= 4 is 28.9 Å². The highest BCUT2D eigenvalue weighted by Gasteiger charge is 2.05. The number of benzene rings is 1. The average Bonchev–Trinajstić information content (AvgIpc) is 3.07. The first-order valence-corrected chi connectivity index (χ1v) is 8.76. The van der Waals surface area contributed by atoms with E-state index in [-0.39, 0.29) is 12.5 Å². The highest BCUT2D eigenvalue weighted by atomic mass is 32.1. The number of thiazole rings is 1. The van der Waals surface area contributed by atoms with Crippen LogP contribution in [0, 0.1) is 0 Å². The Balaban J connectivity index is 1.69. The molecule has 0 aliphatic carbocycles. The van der Waals surface area contributed by atoms with E-state index in [9.17, 15) is 4.79 Å². The number of aryl methyl sites for hydroxylation is 1. The number of carbonyl (C=O) groups excluding carboxylic acids is 1. The number of nitrogens with zero attached hydrogens (tertiary/aromatic N) is 2. The summed E-state index contributed by atoms with van der Waals surface area (Å²) in [5, 5.41) is 10.1. The van der Waals surface area contributed by atoms with Gasteiger partial charge < -0.3 is 16.0 Å². The van der Waals surface area contributed by atoms with E-state index in [1.165, 1.54) is 4.88 Å². The van der Waals surface area contributed by atoms with Crippen LogP contribution in [0.2, 0.25) is 0 Å². The third-order valence-electron chi connectivity index (χ3n) is 3.28. The molecule has 2 aromatic rings. The Kier molecular flexibility index (Phi) is 7.22. The molecule has 0 saturated carbocycles. The van der Waals surface area contributed by atoms with Crippen molar-refractivity contribution in [2.45, 2.75) is 19.8 Å². The average molecular weight is 345 g/mol. The maximum atomic E-state index is 11.9. The van der Waals surface area contributed by atoms with E-state index < -0.39 is 0 Å². The normalized spacial score (nSPS) is 11.2. The number of rotatable bonds is 7. The lowest BCUT2D eigenvalue weighted by Gasteiger charge is -2.11. The van der Waals surface area contributed by atoms with Crippen molar-refractivity contribution < 1.29 is 4.79 Å². The highest BCUT2D eigenvalue weighted by molar-refractivity contribution is 7.11. The van der Waals surface area contributed by atoms with Gasteiger partial charge in [0.05, 0.1) is 11.6 Å². The number of nitrogens with one attached hydrogen (secondary N) is 3. The van der Waals surface area contributed by atoms with Crippen LogP contribution >= 0.6 is 11.3 Å². The van der Waals surface area contributed by atoms with Crippen molar-refractivity contribution in [3.8, 4) is 0 Å². The second-order valence-corrected chi connectivity index (χ2v) is 6.29. The second kappa shape index (κ2) is 9.67. The molecule has 0 radical (unpaired) electrons. The van der Waals surface area contributed by atoms with Gasteiger partial charge in [0.1, 0.15) is 0 Å². The zero-order valence-corrected chi connectivity index (χ0v) is 14.8. The van der Waals surface area contributed by atoms with Gasteiger partial charge in [-0.2, -0.15) is 0 Å². The molecular weight excluding hydrogens is 322 g/mol. The lowest BCUT2D eigenvalue weighted by Crippen LogP contribution is -2.42. The van der Waals surface area contributed by atoms with Crippen molar-refractivity contribution in [3.63, 3.8) is 0 Å². The van der Waals surface area contributed by atoms with Crippen molar-refractivity contribution in [3.05, 3.63) is 46.4 Å². The Hall–Kier alpha value is -2.41. The number of anilines is 1. The van der Waals surface area contributed by atoms with Crippen LogP contribution in [-0.2, 0) is 17.6 Å². The molecule has 0 aliphatic heterocycles. The van der Waals surface area contributed by atoms with Gasteiger partial charge in [-0.25, -0.2) is 4.98 Å². The smallest absolute Gasteiger partial charge is 0.243 e. The molecule has 1 heterocycles. The minimum atomic E-state index is -0.114. The zero-order valence-electron chi connectivity index (χ0n) is 14.0. The number of hydrogen-bond donors (Lipinski definition) is 3. The topological polar surface area (TPSA) is 78.4 Å². The Morgan fingerprint density at radius 2 is 2.04 bits per heavy atom. The van der Waals surface area contributed by atoms with Gasteiger partial charge in [0.15, 0.2) is 5.96 Å². The fourth-order valence-corrected chi connectivity index (χ4v) is 2.89. The first kappa shape index (κ1) is 17.9. The van der Waals surface area contributed by atoms with Crippen molar-refractivity contribution in [1.29, 1.82) is 0 Å². The number of carbonyl (C=O) groups is 1.